The Bertz CT molecular complexity index is 1850. The zero-order valence-corrected chi connectivity index (χ0v) is 30.0. The van der Waals surface area contributed by atoms with Gasteiger partial charge in [-0.1, -0.05) is 42.5 Å². The Morgan fingerprint density at radius 1 is 0.840 bits per heavy atom. The van der Waals surface area contributed by atoms with E-state index in [4.69, 9.17) is 14.2 Å². The summed E-state index contributed by atoms with van der Waals surface area (Å²) in [5.74, 6) is -0.503. The van der Waals surface area contributed by atoms with Gasteiger partial charge in [0.15, 0.2) is 11.5 Å². The number of carbonyl (C=O) groups is 2. The molecule has 1 atom stereocenters. The molecule has 2 amide bonds. The molecule has 0 radical (unpaired) electrons. The van der Waals surface area contributed by atoms with E-state index in [1.165, 1.54) is 61.6 Å². The summed E-state index contributed by atoms with van der Waals surface area (Å²) in [6.07, 6.45) is 0.140. The number of hydrogen-bond donors (Lipinski definition) is 1. The van der Waals surface area contributed by atoms with E-state index in [1.54, 1.807) is 24.3 Å². The second kappa shape index (κ2) is 16.5. The molecule has 0 bridgehead atoms. The zero-order valence-electron chi connectivity index (χ0n) is 29.2. The van der Waals surface area contributed by atoms with Crippen molar-refractivity contribution in [3.8, 4) is 17.2 Å². The number of sulfonamides is 1. The lowest BCUT2D eigenvalue weighted by atomic mass is 10.0. The number of nitrogens with zero attached hydrogens (tertiary/aromatic N) is 2. The molecule has 4 aromatic carbocycles. The fraction of sp³-hybridized carbons (Fsp3) is 0.316. The maximum atomic E-state index is 14.7. The molecule has 0 heterocycles. The molecule has 0 saturated heterocycles. The third kappa shape index (κ3) is 9.75. The van der Waals surface area contributed by atoms with Gasteiger partial charge >= 0.3 is 0 Å². The number of anilines is 1. The molecule has 1 N–H and O–H groups in total. The normalized spacial score (nSPS) is 12.1. The number of carbonyl (C=O) groups excluding carboxylic acids is 2. The lowest BCUT2D eigenvalue weighted by molar-refractivity contribution is -0.140. The van der Waals surface area contributed by atoms with Crippen LogP contribution in [0.15, 0.2) is 102 Å². The van der Waals surface area contributed by atoms with Crippen molar-refractivity contribution in [2.45, 2.75) is 57.1 Å². The van der Waals surface area contributed by atoms with Crippen LogP contribution in [-0.2, 0) is 32.6 Å². The van der Waals surface area contributed by atoms with Gasteiger partial charge in [0.25, 0.3) is 10.0 Å². The topological polar surface area (TPSA) is 114 Å². The van der Waals surface area contributed by atoms with Gasteiger partial charge < -0.3 is 24.4 Å². The lowest BCUT2D eigenvalue weighted by Gasteiger charge is -2.35. The van der Waals surface area contributed by atoms with Crippen molar-refractivity contribution in [3.05, 3.63) is 114 Å². The van der Waals surface area contributed by atoms with Crippen LogP contribution in [0.25, 0.3) is 0 Å². The maximum absolute atomic E-state index is 14.7. The summed E-state index contributed by atoms with van der Waals surface area (Å²) in [6, 6.07) is 24.3. The van der Waals surface area contributed by atoms with Crippen molar-refractivity contribution in [1.29, 1.82) is 0 Å². The Hall–Kier alpha value is -5.10. The average Bonchev–Trinajstić information content (AvgIpc) is 3.09. The van der Waals surface area contributed by atoms with Gasteiger partial charge in [-0.05, 0) is 87.4 Å². The third-order valence-corrected chi connectivity index (χ3v) is 9.46. The van der Waals surface area contributed by atoms with Crippen molar-refractivity contribution >= 4 is 27.5 Å². The summed E-state index contributed by atoms with van der Waals surface area (Å²) in [5, 5.41) is 2.99. The molecule has 10 nitrogen and oxygen atoms in total. The Balaban J connectivity index is 1.84. The van der Waals surface area contributed by atoms with Crippen LogP contribution in [0.2, 0.25) is 0 Å². The highest BCUT2D eigenvalue weighted by atomic mass is 32.2. The molecule has 0 saturated carbocycles. The SMILES string of the molecule is CCOc1ccc(N(CC(=O)N(Cc2ccc(F)cc2)[C@@H](Cc2ccccc2)C(=O)NC(C)(C)C)S(=O)(=O)c2ccc(OC)c(OC)c2)cc1. The van der Waals surface area contributed by atoms with E-state index < -0.39 is 45.8 Å². The largest absolute Gasteiger partial charge is 0.494 e. The van der Waals surface area contributed by atoms with Crippen LogP contribution < -0.4 is 23.8 Å². The summed E-state index contributed by atoms with van der Waals surface area (Å²) in [4.78, 5) is 29.9. The van der Waals surface area contributed by atoms with E-state index in [2.05, 4.69) is 5.32 Å². The summed E-state index contributed by atoms with van der Waals surface area (Å²) < 4.78 is 60.1. The van der Waals surface area contributed by atoms with Gasteiger partial charge in [-0.25, -0.2) is 12.8 Å². The number of amides is 2. The molecule has 0 aliphatic rings. The van der Waals surface area contributed by atoms with Gasteiger partial charge in [-0.2, -0.15) is 0 Å². The standard InChI is InChI=1S/C38H44FN3O7S/c1-7-49-31-19-17-30(18-20-31)42(50(45,46)32-21-22-34(47-5)35(24-32)48-6)26-36(43)41(25-28-13-15-29(39)16-14-28)33(37(44)40-38(2,3)4)23-27-11-9-8-10-12-27/h8-22,24,33H,7,23,25-26H2,1-6H3,(H,40,44)/t33-/m0/s1. The van der Waals surface area contributed by atoms with Gasteiger partial charge in [0.2, 0.25) is 11.8 Å². The fourth-order valence-corrected chi connectivity index (χ4v) is 6.73. The number of methoxy groups -OCH3 is 2. The van der Waals surface area contributed by atoms with Crippen molar-refractivity contribution in [1.82, 2.24) is 10.2 Å². The lowest BCUT2D eigenvalue weighted by Crippen LogP contribution is -2.56. The van der Waals surface area contributed by atoms with Crippen LogP contribution in [0.3, 0.4) is 0 Å². The van der Waals surface area contributed by atoms with Gasteiger partial charge in [0, 0.05) is 24.6 Å². The molecule has 266 valence electrons. The van der Waals surface area contributed by atoms with Crippen molar-refractivity contribution in [3.63, 3.8) is 0 Å². The molecule has 0 unspecified atom stereocenters. The van der Waals surface area contributed by atoms with Crippen molar-refractivity contribution in [2.75, 3.05) is 31.7 Å². The van der Waals surface area contributed by atoms with E-state index in [1.807, 2.05) is 58.0 Å². The van der Waals surface area contributed by atoms with Crippen LogP contribution in [0.5, 0.6) is 17.2 Å². The third-order valence-electron chi connectivity index (χ3n) is 7.69. The zero-order chi connectivity index (χ0) is 36.5. The summed E-state index contributed by atoms with van der Waals surface area (Å²) in [6.45, 7) is 6.97. The highest BCUT2D eigenvalue weighted by Gasteiger charge is 2.36. The summed E-state index contributed by atoms with van der Waals surface area (Å²) >= 11 is 0. The van der Waals surface area contributed by atoms with Crippen LogP contribution >= 0.6 is 0 Å². The highest BCUT2D eigenvalue weighted by molar-refractivity contribution is 7.92. The van der Waals surface area contributed by atoms with Crippen LogP contribution in [0, 0.1) is 5.82 Å². The first-order valence-corrected chi connectivity index (χ1v) is 17.6. The van der Waals surface area contributed by atoms with Crippen molar-refractivity contribution < 1.29 is 36.6 Å². The van der Waals surface area contributed by atoms with Crippen LogP contribution in [-0.4, -0.2) is 64.1 Å². The monoisotopic (exact) mass is 705 g/mol. The fourth-order valence-electron chi connectivity index (χ4n) is 5.30. The first-order chi connectivity index (χ1) is 23.7. The van der Waals surface area contributed by atoms with Gasteiger partial charge in [0.05, 0.1) is 31.4 Å². The minimum absolute atomic E-state index is 0.0955. The number of ether oxygens (including phenoxy) is 3. The average molecular weight is 706 g/mol. The minimum atomic E-state index is -4.42. The molecule has 12 heteroatoms. The molecule has 4 aromatic rings. The van der Waals surface area contributed by atoms with Crippen molar-refractivity contribution in [2.24, 2.45) is 0 Å². The summed E-state index contributed by atoms with van der Waals surface area (Å²) in [7, 11) is -1.59. The number of halogens is 1. The Morgan fingerprint density at radius 2 is 1.48 bits per heavy atom. The maximum Gasteiger partial charge on any atom is 0.264 e. The van der Waals surface area contributed by atoms with E-state index >= 15 is 0 Å². The minimum Gasteiger partial charge on any atom is -0.494 e. The number of rotatable bonds is 15. The number of benzene rings is 4. The Morgan fingerprint density at radius 3 is 2.06 bits per heavy atom. The Kier molecular flexibility index (Phi) is 12.5. The predicted molar refractivity (Wildman–Crippen MR) is 190 cm³/mol. The van der Waals surface area contributed by atoms with Gasteiger partial charge in [-0.15, -0.1) is 0 Å². The quantitative estimate of drug-likeness (QED) is 0.162. The molecule has 0 spiro atoms. The van der Waals surface area contributed by atoms with E-state index in [0.717, 1.165) is 9.87 Å². The number of nitrogens with one attached hydrogen (secondary N) is 1. The molecule has 0 aromatic heterocycles. The van der Waals surface area contributed by atoms with Crippen LogP contribution in [0.1, 0.15) is 38.8 Å². The van der Waals surface area contributed by atoms with E-state index in [9.17, 15) is 22.4 Å². The van der Waals surface area contributed by atoms with Crippen LogP contribution in [0.4, 0.5) is 10.1 Å². The molecular weight excluding hydrogens is 661 g/mol. The second-order valence-corrected chi connectivity index (χ2v) is 14.4. The second-order valence-electron chi connectivity index (χ2n) is 12.5. The van der Waals surface area contributed by atoms with Gasteiger partial charge in [-0.3, -0.25) is 13.9 Å². The first-order valence-electron chi connectivity index (χ1n) is 16.1. The van der Waals surface area contributed by atoms with Gasteiger partial charge in [0.1, 0.15) is 24.2 Å². The highest BCUT2D eigenvalue weighted by Crippen LogP contribution is 2.33. The molecule has 0 aliphatic carbocycles. The molecule has 4 rings (SSSR count). The predicted octanol–water partition coefficient (Wildman–Crippen LogP) is 5.99. The summed E-state index contributed by atoms with van der Waals surface area (Å²) in [5.41, 5.74) is 0.899. The molecular formula is C38H44FN3O7S. The van der Waals surface area contributed by atoms with E-state index in [0.29, 0.717) is 23.7 Å². The Labute approximate surface area is 293 Å². The van der Waals surface area contributed by atoms with E-state index in [-0.39, 0.29) is 29.3 Å². The molecule has 0 aliphatic heterocycles. The molecule has 50 heavy (non-hydrogen) atoms. The molecule has 0 fully saturated rings. The number of hydrogen-bond acceptors (Lipinski definition) is 7. The smallest absolute Gasteiger partial charge is 0.264 e. The first kappa shape index (κ1) is 37.7.